The number of rotatable bonds is 4. The summed E-state index contributed by atoms with van der Waals surface area (Å²) in [7, 11) is 0. The Bertz CT molecular complexity index is 774. The number of amides is 1. The molecule has 0 aliphatic carbocycles. The number of para-hydroxylation sites is 1. The van der Waals surface area contributed by atoms with Gasteiger partial charge in [0.1, 0.15) is 5.82 Å². The van der Waals surface area contributed by atoms with E-state index in [9.17, 15) is 9.59 Å². The van der Waals surface area contributed by atoms with Crippen LogP contribution in [0.2, 0.25) is 0 Å². The highest BCUT2D eigenvalue weighted by Gasteiger charge is 2.24. The lowest BCUT2D eigenvalue weighted by Gasteiger charge is -2.35. The van der Waals surface area contributed by atoms with Crippen LogP contribution in [0, 0.1) is 11.8 Å². The van der Waals surface area contributed by atoms with Crippen molar-refractivity contribution in [2.24, 2.45) is 11.8 Å². The van der Waals surface area contributed by atoms with Gasteiger partial charge in [-0.25, -0.2) is 4.98 Å². The largest absolute Gasteiger partial charge is 0.342 e. The number of hydrogen-bond donors (Lipinski definition) is 1. The van der Waals surface area contributed by atoms with Gasteiger partial charge in [0.25, 0.3) is 5.56 Å². The number of nitrogens with zero attached hydrogens (tertiary/aromatic N) is 2. The van der Waals surface area contributed by atoms with Crippen LogP contribution < -0.4 is 5.56 Å². The Morgan fingerprint density at radius 3 is 2.71 bits per heavy atom. The molecule has 1 aliphatic heterocycles. The number of piperidine rings is 1. The van der Waals surface area contributed by atoms with Crippen molar-refractivity contribution >= 4 is 16.8 Å². The van der Waals surface area contributed by atoms with E-state index in [-0.39, 0.29) is 11.5 Å². The van der Waals surface area contributed by atoms with Gasteiger partial charge in [0.2, 0.25) is 5.91 Å². The Morgan fingerprint density at radius 2 is 1.96 bits per heavy atom. The molecule has 1 fully saturated rings. The minimum Gasteiger partial charge on any atom is -0.342 e. The number of aromatic amines is 1. The molecule has 1 amide bonds. The van der Waals surface area contributed by atoms with E-state index in [1.54, 1.807) is 6.07 Å². The molecule has 24 heavy (non-hydrogen) atoms. The Hall–Kier alpha value is -2.17. The molecular weight excluding hydrogens is 302 g/mol. The first-order chi connectivity index (χ1) is 11.5. The molecule has 2 heterocycles. The number of benzene rings is 1. The molecule has 2 atom stereocenters. The molecule has 5 nitrogen and oxygen atoms in total. The van der Waals surface area contributed by atoms with Crippen molar-refractivity contribution in [3.8, 4) is 0 Å². The van der Waals surface area contributed by atoms with E-state index in [1.165, 1.54) is 6.42 Å². The van der Waals surface area contributed by atoms with E-state index in [0.717, 1.165) is 13.1 Å². The summed E-state index contributed by atoms with van der Waals surface area (Å²) in [4.78, 5) is 33.7. The van der Waals surface area contributed by atoms with E-state index in [2.05, 4.69) is 23.8 Å². The second-order valence-electron chi connectivity index (χ2n) is 7.13. The SMILES string of the molecule is CC1CC(C)CN(C(=O)CCCc2nc3ccccc3c(=O)[nH]2)C1. The molecule has 0 spiro atoms. The number of carbonyl (C=O) groups excluding carboxylic acids is 1. The number of likely N-dealkylation sites (tertiary alicyclic amines) is 1. The van der Waals surface area contributed by atoms with Crippen molar-refractivity contribution in [3.63, 3.8) is 0 Å². The highest BCUT2D eigenvalue weighted by atomic mass is 16.2. The van der Waals surface area contributed by atoms with Crippen LogP contribution in [-0.2, 0) is 11.2 Å². The number of H-pyrrole nitrogens is 1. The molecule has 1 aromatic heterocycles. The van der Waals surface area contributed by atoms with Crippen LogP contribution >= 0.6 is 0 Å². The van der Waals surface area contributed by atoms with Gasteiger partial charge in [-0.15, -0.1) is 0 Å². The lowest BCUT2D eigenvalue weighted by Crippen LogP contribution is -2.42. The number of aryl methyl sites for hydroxylation is 1. The van der Waals surface area contributed by atoms with Crippen LogP contribution in [0.4, 0.5) is 0 Å². The van der Waals surface area contributed by atoms with Gasteiger partial charge in [-0.3, -0.25) is 9.59 Å². The summed E-state index contributed by atoms with van der Waals surface area (Å²) in [6, 6.07) is 7.32. The quantitative estimate of drug-likeness (QED) is 0.939. The third-order valence-electron chi connectivity index (χ3n) is 4.69. The summed E-state index contributed by atoms with van der Waals surface area (Å²) in [5.41, 5.74) is 0.599. The second-order valence-corrected chi connectivity index (χ2v) is 7.13. The highest BCUT2D eigenvalue weighted by Crippen LogP contribution is 2.21. The molecule has 3 rings (SSSR count). The Morgan fingerprint density at radius 1 is 1.25 bits per heavy atom. The number of nitrogens with one attached hydrogen (secondary N) is 1. The van der Waals surface area contributed by atoms with E-state index in [4.69, 9.17) is 0 Å². The van der Waals surface area contributed by atoms with Crippen molar-refractivity contribution in [3.05, 3.63) is 40.4 Å². The van der Waals surface area contributed by atoms with Crippen LogP contribution in [0.25, 0.3) is 10.9 Å². The van der Waals surface area contributed by atoms with Gasteiger partial charge in [-0.1, -0.05) is 26.0 Å². The van der Waals surface area contributed by atoms with Gasteiger partial charge in [-0.05, 0) is 36.8 Å². The normalized spacial score (nSPS) is 21.2. The summed E-state index contributed by atoms with van der Waals surface area (Å²) in [5.74, 6) is 2.04. The number of carbonyl (C=O) groups is 1. The Labute approximate surface area is 142 Å². The Balaban J connectivity index is 1.58. The summed E-state index contributed by atoms with van der Waals surface area (Å²) in [5, 5.41) is 0.605. The van der Waals surface area contributed by atoms with Crippen LogP contribution in [0.5, 0.6) is 0 Å². The standard InChI is InChI=1S/C19H25N3O2/c1-13-10-14(2)12-22(11-13)18(23)9-5-8-17-20-16-7-4-3-6-15(16)19(24)21-17/h3-4,6-7,13-14H,5,8-12H2,1-2H3,(H,20,21,24). The first-order valence-electron chi connectivity index (χ1n) is 8.78. The van der Waals surface area contributed by atoms with Gasteiger partial charge in [-0.2, -0.15) is 0 Å². The third kappa shape index (κ3) is 3.83. The second kappa shape index (κ2) is 7.16. The summed E-state index contributed by atoms with van der Waals surface area (Å²) in [6.07, 6.45) is 3.03. The van der Waals surface area contributed by atoms with Gasteiger partial charge in [0.05, 0.1) is 10.9 Å². The van der Waals surface area contributed by atoms with Crippen LogP contribution in [-0.4, -0.2) is 33.9 Å². The van der Waals surface area contributed by atoms with Crippen molar-refractivity contribution in [2.45, 2.75) is 39.5 Å². The maximum absolute atomic E-state index is 12.4. The highest BCUT2D eigenvalue weighted by molar-refractivity contribution is 5.77. The molecule has 2 aromatic rings. The summed E-state index contributed by atoms with van der Waals surface area (Å²) < 4.78 is 0. The van der Waals surface area contributed by atoms with E-state index in [0.29, 0.717) is 47.8 Å². The predicted molar refractivity (Wildman–Crippen MR) is 94.8 cm³/mol. The molecule has 0 radical (unpaired) electrons. The van der Waals surface area contributed by atoms with E-state index in [1.807, 2.05) is 23.1 Å². The number of fused-ring (bicyclic) bond motifs is 1. The molecule has 0 bridgehead atoms. The summed E-state index contributed by atoms with van der Waals surface area (Å²) >= 11 is 0. The smallest absolute Gasteiger partial charge is 0.258 e. The fourth-order valence-electron chi connectivity index (χ4n) is 3.69. The molecule has 1 aliphatic rings. The van der Waals surface area contributed by atoms with Gasteiger partial charge in [0, 0.05) is 25.9 Å². The zero-order valence-corrected chi connectivity index (χ0v) is 14.4. The average molecular weight is 327 g/mol. The zero-order valence-electron chi connectivity index (χ0n) is 14.4. The molecule has 1 N–H and O–H groups in total. The van der Waals surface area contributed by atoms with E-state index >= 15 is 0 Å². The minimum atomic E-state index is -0.111. The first-order valence-corrected chi connectivity index (χ1v) is 8.78. The lowest BCUT2D eigenvalue weighted by atomic mass is 9.91. The van der Waals surface area contributed by atoms with Gasteiger partial charge in [0.15, 0.2) is 0 Å². The molecule has 5 heteroatoms. The topological polar surface area (TPSA) is 66.1 Å². The molecule has 0 saturated carbocycles. The van der Waals surface area contributed by atoms with E-state index < -0.39 is 0 Å². The predicted octanol–water partition coefficient (Wildman–Crippen LogP) is 2.75. The van der Waals surface area contributed by atoms with Crippen molar-refractivity contribution in [1.82, 2.24) is 14.9 Å². The fraction of sp³-hybridized carbons (Fsp3) is 0.526. The molecule has 1 saturated heterocycles. The fourth-order valence-corrected chi connectivity index (χ4v) is 3.69. The van der Waals surface area contributed by atoms with Crippen LogP contribution in [0.1, 0.15) is 38.9 Å². The van der Waals surface area contributed by atoms with Gasteiger partial charge < -0.3 is 9.88 Å². The van der Waals surface area contributed by atoms with Crippen molar-refractivity contribution in [2.75, 3.05) is 13.1 Å². The van der Waals surface area contributed by atoms with Gasteiger partial charge >= 0.3 is 0 Å². The average Bonchev–Trinajstić information content (AvgIpc) is 2.54. The zero-order chi connectivity index (χ0) is 17.1. The van der Waals surface area contributed by atoms with Crippen molar-refractivity contribution < 1.29 is 4.79 Å². The molecule has 128 valence electrons. The maximum Gasteiger partial charge on any atom is 0.258 e. The maximum atomic E-state index is 12.4. The Kier molecular flexibility index (Phi) is 4.97. The molecule has 2 unspecified atom stereocenters. The number of hydrogen-bond acceptors (Lipinski definition) is 3. The third-order valence-corrected chi connectivity index (χ3v) is 4.69. The summed E-state index contributed by atoms with van der Waals surface area (Å²) in [6.45, 7) is 6.15. The van der Waals surface area contributed by atoms with Crippen molar-refractivity contribution in [1.29, 1.82) is 0 Å². The van der Waals surface area contributed by atoms with Crippen LogP contribution in [0.15, 0.2) is 29.1 Å². The monoisotopic (exact) mass is 327 g/mol. The minimum absolute atomic E-state index is 0.111. The van der Waals surface area contributed by atoms with Crippen LogP contribution in [0.3, 0.4) is 0 Å². The number of aromatic nitrogens is 2. The lowest BCUT2D eigenvalue weighted by molar-refractivity contribution is -0.133. The molecular formula is C19H25N3O2. The first kappa shape index (κ1) is 16.7. The molecule has 1 aromatic carbocycles.